The van der Waals surface area contributed by atoms with E-state index < -0.39 is 11.7 Å². The molecule has 9 heteroatoms. The van der Waals surface area contributed by atoms with Crippen molar-refractivity contribution in [3.8, 4) is 11.4 Å². The highest BCUT2D eigenvalue weighted by Crippen LogP contribution is 2.21. The summed E-state index contributed by atoms with van der Waals surface area (Å²) < 4.78 is 20.9. The zero-order valence-corrected chi connectivity index (χ0v) is 13.8. The van der Waals surface area contributed by atoms with Crippen molar-refractivity contribution in [3.05, 3.63) is 59.1 Å². The summed E-state index contributed by atoms with van der Waals surface area (Å²) in [6.45, 7) is -0.298. The van der Waals surface area contributed by atoms with Gasteiger partial charge in [0, 0.05) is 10.2 Å². The van der Waals surface area contributed by atoms with Crippen LogP contribution in [-0.2, 0) is 4.79 Å². The fraction of sp³-hybridized carbons (Fsp3) is 0.0667. The van der Waals surface area contributed by atoms with Crippen LogP contribution in [0, 0.1) is 5.82 Å². The van der Waals surface area contributed by atoms with Crippen LogP contribution < -0.4 is 10.1 Å². The van der Waals surface area contributed by atoms with Crippen LogP contribution in [0.2, 0.25) is 0 Å². The maximum absolute atomic E-state index is 13.6. The first-order valence-corrected chi connectivity index (χ1v) is 7.62. The van der Waals surface area contributed by atoms with Gasteiger partial charge >= 0.3 is 0 Å². The van der Waals surface area contributed by atoms with E-state index in [4.69, 9.17) is 4.74 Å². The van der Waals surface area contributed by atoms with Gasteiger partial charge in [-0.05, 0) is 52.9 Å². The number of nitrogens with zero attached hydrogens (tertiary/aromatic N) is 4. The number of carbonyl (C=O) groups is 1. The molecule has 3 rings (SSSR count). The molecule has 0 aliphatic heterocycles. The molecule has 0 bridgehead atoms. The van der Waals surface area contributed by atoms with E-state index in [1.54, 1.807) is 30.3 Å². The lowest BCUT2D eigenvalue weighted by Crippen LogP contribution is -2.20. The number of amides is 1. The monoisotopic (exact) mass is 391 g/mol. The summed E-state index contributed by atoms with van der Waals surface area (Å²) in [6.07, 6.45) is 1.47. The smallest absolute Gasteiger partial charge is 0.262 e. The van der Waals surface area contributed by atoms with Gasteiger partial charge < -0.3 is 10.1 Å². The molecule has 1 amide bonds. The van der Waals surface area contributed by atoms with Crippen LogP contribution in [0.5, 0.6) is 5.75 Å². The molecule has 24 heavy (non-hydrogen) atoms. The molecule has 0 saturated heterocycles. The van der Waals surface area contributed by atoms with Crippen LogP contribution in [0.25, 0.3) is 5.69 Å². The third-order valence-corrected chi connectivity index (χ3v) is 3.51. The van der Waals surface area contributed by atoms with E-state index >= 15 is 0 Å². The number of hydrogen-bond acceptors (Lipinski definition) is 5. The summed E-state index contributed by atoms with van der Waals surface area (Å²) in [5, 5.41) is 13.5. The van der Waals surface area contributed by atoms with E-state index in [-0.39, 0.29) is 12.4 Å². The van der Waals surface area contributed by atoms with E-state index in [9.17, 15) is 9.18 Å². The third kappa shape index (κ3) is 3.93. The molecule has 0 aliphatic rings. The van der Waals surface area contributed by atoms with Crippen molar-refractivity contribution in [2.24, 2.45) is 0 Å². The first-order valence-electron chi connectivity index (χ1n) is 6.83. The lowest BCUT2D eigenvalue weighted by atomic mass is 10.3. The number of hydrogen-bond donors (Lipinski definition) is 1. The molecule has 1 aromatic heterocycles. The molecular weight excluding hydrogens is 381 g/mol. The van der Waals surface area contributed by atoms with E-state index in [1.807, 2.05) is 0 Å². The molecule has 0 saturated carbocycles. The van der Waals surface area contributed by atoms with Gasteiger partial charge in [-0.25, -0.2) is 9.07 Å². The van der Waals surface area contributed by atoms with Crippen molar-refractivity contribution < 1.29 is 13.9 Å². The highest BCUT2D eigenvalue weighted by Gasteiger charge is 2.08. The molecule has 0 fully saturated rings. The van der Waals surface area contributed by atoms with E-state index in [1.165, 1.54) is 23.1 Å². The minimum absolute atomic E-state index is 0.0161. The quantitative estimate of drug-likeness (QED) is 0.722. The van der Waals surface area contributed by atoms with Gasteiger partial charge in [-0.2, -0.15) is 0 Å². The molecule has 0 aliphatic carbocycles. The highest BCUT2D eigenvalue weighted by molar-refractivity contribution is 9.10. The Morgan fingerprint density at radius 3 is 2.71 bits per heavy atom. The summed E-state index contributed by atoms with van der Waals surface area (Å²) in [5.74, 6) is -0.919. The fourth-order valence-electron chi connectivity index (χ4n) is 1.91. The fourth-order valence-corrected chi connectivity index (χ4v) is 2.24. The summed E-state index contributed by atoms with van der Waals surface area (Å²) >= 11 is 3.15. The number of aromatic nitrogens is 4. The van der Waals surface area contributed by atoms with Crippen LogP contribution in [0.1, 0.15) is 0 Å². The van der Waals surface area contributed by atoms with Gasteiger partial charge in [0.05, 0.1) is 5.69 Å². The Balaban J connectivity index is 1.56. The van der Waals surface area contributed by atoms with E-state index in [0.717, 1.165) is 5.69 Å². The Bertz CT molecular complexity index is 840. The Hall–Kier alpha value is -2.81. The minimum Gasteiger partial charge on any atom is -0.481 e. The second-order valence-electron chi connectivity index (χ2n) is 4.71. The predicted molar refractivity (Wildman–Crippen MR) is 87.4 cm³/mol. The number of anilines is 1. The summed E-state index contributed by atoms with van der Waals surface area (Å²) in [5.41, 5.74) is 1.34. The van der Waals surface area contributed by atoms with Crippen molar-refractivity contribution in [3.63, 3.8) is 0 Å². The molecular formula is C15H11BrFN5O2. The van der Waals surface area contributed by atoms with E-state index in [0.29, 0.717) is 10.2 Å². The molecule has 0 radical (unpaired) electrons. The lowest BCUT2D eigenvalue weighted by molar-refractivity contribution is -0.118. The number of nitrogens with one attached hydrogen (secondary N) is 1. The third-order valence-electron chi connectivity index (χ3n) is 3.02. The molecule has 7 nitrogen and oxygen atoms in total. The zero-order valence-electron chi connectivity index (χ0n) is 12.2. The number of tetrazole rings is 1. The highest BCUT2D eigenvalue weighted by atomic mass is 79.9. The number of carbonyl (C=O) groups excluding carboxylic acids is 1. The topological polar surface area (TPSA) is 81.9 Å². The normalized spacial score (nSPS) is 10.4. The molecule has 2 aromatic carbocycles. The number of halogens is 2. The second kappa shape index (κ2) is 7.18. The Kier molecular flexibility index (Phi) is 4.80. The van der Waals surface area contributed by atoms with E-state index in [2.05, 4.69) is 36.8 Å². The van der Waals surface area contributed by atoms with Gasteiger partial charge in [0.15, 0.2) is 18.2 Å². The molecule has 122 valence electrons. The van der Waals surface area contributed by atoms with Crippen LogP contribution in [0.3, 0.4) is 0 Å². The molecule has 1 N–H and O–H groups in total. The molecule has 0 atom stereocenters. The Labute approximate surface area is 144 Å². The first-order chi connectivity index (χ1) is 11.6. The Morgan fingerprint density at radius 2 is 2.04 bits per heavy atom. The van der Waals surface area contributed by atoms with Crippen LogP contribution in [0.15, 0.2) is 53.3 Å². The standard InChI is InChI=1S/C15H11BrFN5O2/c16-10-1-6-14(13(17)7-10)24-8-15(23)19-11-2-4-12(5-3-11)22-9-18-20-21-22/h1-7,9H,8H2,(H,19,23). The van der Waals surface area contributed by atoms with Crippen molar-refractivity contribution >= 4 is 27.5 Å². The molecule has 1 heterocycles. The average molecular weight is 392 g/mol. The van der Waals surface area contributed by atoms with Gasteiger partial charge in [0.25, 0.3) is 5.91 Å². The average Bonchev–Trinajstić information content (AvgIpc) is 3.09. The van der Waals surface area contributed by atoms with Crippen molar-refractivity contribution in [1.82, 2.24) is 20.2 Å². The molecule has 0 unspecified atom stereocenters. The lowest BCUT2D eigenvalue weighted by Gasteiger charge is -2.09. The zero-order chi connectivity index (χ0) is 16.9. The van der Waals surface area contributed by atoms with Crippen LogP contribution in [0.4, 0.5) is 10.1 Å². The minimum atomic E-state index is -0.539. The second-order valence-corrected chi connectivity index (χ2v) is 5.63. The number of ether oxygens (including phenoxy) is 1. The number of benzene rings is 2. The van der Waals surface area contributed by atoms with Gasteiger partial charge in [0.2, 0.25) is 0 Å². The summed E-state index contributed by atoms with van der Waals surface area (Å²) in [4.78, 5) is 11.9. The largest absolute Gasteiger partial charge is 0.481 e. The summed E-state index contributed by atoms with van der Waals surface area (Å²) in [7, 11) is 0. The maximum atomic E-state index is 13.6. The van der Waals surface area contributed by atoms with Crippen molar-refractivity contribution in [2.75, 3.05) is 11.9 Å². The van der Waals surface area contributed by atoms with Gasteiger partial charge in [0.1, 0.15) is 6.33 Å². The number of rotatable bonds is 5. The van der Waals surface area contributed by atoms with Crippen molar-refractivity contribution in [1.29, 1.82) is 0 Å². The van der Waals surface area contributed by atoms with Gasteiger partial charge in [-0.15, -0.1) is 5.10 Å². The molecule has 3 aromatic rings. The van der Waals surface area contributed by atoms with Crippen LogP contribution >= 0.6 is 15.9 Å². The summed E-state index contributed by atoms with van der Waals surface area (Å²) in [6, 6.07) is 11.3. The maximum Gasteiger partial charge on any atom is 0.262 e. The predicted octanol–water partition coefficient (Wildman–Crippen LogP) is 2.58. The van der Waals surface area contributed by atoms with Crippen LogP contribution in [-0.4, -0.2) is 32.7 Å². The SMILES string of the molecule is O=C(COc1ccc(Br)cc1F)Nc1ccc(-n2cnnn2)cc1. The van der Waals surface area contributed by atoms with Gasteiger partial charge in [-0.1, -0.05) is 15.9 Å². The van der Waals surface area contributed by atoms with Gasteiger partial charge in [-0.3, -0.25) is 4.79 Å². The molecule has 0 spiro atoms. The first kappa shape index (κ1) is 16.1. The van der Waals surface area contributed by atoms with Crippen molar-refractivity contribution in [2.45, 2.75) is 0 Å². The Morgan fingerprint density at radius 1 is 1.25 bits per heavy atom.